The second-order valence-corrected chi connectivity index (χ2v) is 9.94. The van der Waals surface area contributed by atoms with E-state index in [1.54, 1.807) is 12.3 Å². The number of hydrogen-bond donors (Lipinski definition) is 1. The van der Waals surface area contributed by atoms with E-state index < -0.39 is 16.1 Å². The summed E-state index contributed by atoms with van der Waals surface area (Å²) in [5.74, 6) is 0.965. The van der Waals surface area contributed by atoms with Gasteiger partial charge in [-0.2, -0.15) is 4.31 Å². The molecule has 1 amide bonds. The molecule has 3 heterocycles. The van der Waals surface area contributed by atoms with Crippen molar-refractivity contribution in [1.82, 2.24) is 9.29 Å². The lowest BCUT2D eigenvalue weighted by atomic mass is 9.95. The molecule has 1 aromatic carbocycles. The lowest BCUT2D eigenvalue weighted by Gasteiger charge is -2.34. The normalized spacial score (nSPS) is 17.1. The smallest absolute Gasteiger partial charge is 0.244 e. The highest BCUT2D eigenvalue weighted by molar-refractivity contribution is 7.89. The maximum atomic E-state index is 13.0. The molecule has 29 heavy (non-hydrogen) atoms. The van der Waals surface area contributed by atoms with Crippen molar-refractivity contribution in [1.29, 1.82) is 0 Å². The van der Waals surface area contributed by atoms with Crippen LogP contribution in [0.3, 0.4) is 0 Å². The number of thiazole rings is 1. The fraction of sp³-hybridized carbons (Fsp3) is 0.300. The van der Waals surface area contributed by atoms with Crippen LogP contribution in [0.1, 0.15) is 23.8 Å². The highest BCUT2D eigenvalue weighted by Gasteiger charge is 2.38. The van der Waals surface area contributed by atoms with Crippen LogP contribution < -0.4 is 5.32 Å². The molecular formula is C20H21N3O4S2. The van der Waals surface area contributed by atoms with Crippen LogP contribution in [0.5, 0.6) is 0 Å². The van der Waals surface area contributed by atoms with Gasteiger partial charge in [-0.3, -0.25) is 4.79 Å². The number of carbonyl (C=O) groups is 1. The lowest BCUT2D eigenvalue weighted by molar-refractivity contribution is -0.120. The van der Waals surface area contributed by atoms with Crippen LogP contribution in [0.25, 0.3) is 11.5 Å². The lowest BCUT2D eigenvalue weighted by Crippen LogP contribution is -2.51. The fourth-order valence-electron chi connectivity index (χ4n) is 3.39. The zero-order chi connectivity index (χ0) is 20.6. The van der Waals surface area contributed by atoms with Gasteiger partial charge in [0.15, 0.2) is 10.9 Å². The van der Waals surface area contributed by atoms with Crippen molar-refractivity contribution in [2.24, 2.45) is 0 Å². The summed E-state index contributed by atoms with van der Waals surface area (Å²) >= 11 is 1.28. The minimum Gasteiger partial charge on any atom is -0.460 e. The van der Waals surface area contributed by atoms with Crippen molar-refractivity contribution in [2.75, 3.05) is 11.1 Å². The number of rotatable bonds is 5. The van der Waals surface area contributed by atoms with Gasteiger partial charge in [-0.15, -0.1) is 11.3 Å². The summed E-state index contributed by atoms with van der Waals surface area (Å²) in [7, 11) is -3.54. The van der Waals surface area contributed by atoms with Crippen LogP contribution >= 0.6 is 11.3 Å². The number of nitrogens with zero attached hydrogens (tertiary/aromatic N) is 2. The van der Waals surface area contributed by atoms with Gasteiger partial charge in [0.05, 0.1) is 5.75 Å². The number of nitrogens with one attached hydrogen (secondary N) is 1. The first-order valence-electron chi connectivity index (χ1n) is 9.27. The van der Waals surface area contributed by atoms with Gasteiger partial charge >= 0.3 is 0 Å². The van der Waals surface area contributed by atoms with Crippen molar-refractivity contribution in [2.45, 2.75) is 32.9 Å². The highest BCUT2D eigenvalue weighted by Crippen LogP contribution is 2.29. The van der Waals surface area contributed by atoms with Crippen molar-refractivity contribution in [3.05, 3.63) is 58.7 Å². The van der Waals surface area contributed by atoms with Gasteiger partial charge in [-0.1, -0.05) is 24.3 Å². The highest BCUT2D eigenvalue weighted by atomic mass is 32.2. The molecule has 0 saturated carbocycles. The molecule has 0 bridgehead atoms. The maximum Gasteiger partial charge on any atom is 0.244 e. The van der Waals surface area contributed by atoms with Gasteiger partial charge in [0.1, 0.15) is 17.5 Å². The largest absolute Gasteiger partial charge is 0.460 e. The van der Waals surface area contributed by atoms with Crippen molar-refractivity contribution in [3.8, 4) is 11.5 Å². The SMILES string of the molecule is CCS(=O)(=O)N1Cc2ccccc2C[C@H]1C(=O)Nc1nc(-c2ccc(C)o2)cs1. The zero-order valence-corrected chi connectivity index (χ0v) is 17.7. The number of fused-ring (bicyclic) bond motifs is 1. The zero-order valence-electron chi connectivity index (χ0n) is 16.1. The van der Waals surface area contributed by atoms with Crippen molar-refractivity contribution >= 4 is 32.4 Å². The first-order chi connectivity index (χ1) is 13.9. The van der Waals surface area contributed by atoms with Crippen LogP contribution in [0.15, 0.2) is 46.2 Å². The molecule has 1 N–H and O–H groups in total. The molecule has 1 aliphatic heterocycles. The van der Waals surface area contributed by atoms with Gasteiger partial charge in [-0.05, 0) is 43.5 Å². The summed E-state index contributed by atoms with van der Waals surface area (Å²) in [5, 5.41) is 4.99. The third-order valence-electron chi connectivity index (χ3n) is 4.96. The Bertz CT molecular complexity index is 1150. The number of amides is 1. The molecule has 0 fully saturated rings. The summed E-state index contributed by atoms with van der Waals surface area (Å²) in [4.78, 5) is 17.4. The number of hydrogen-bond acceptors (Lipinski definition) is 6. The van der Waals surface area contributed by atoms with E-state index >= 15 is 0 Å². The number of aromatic nitrogens is 1. The van der Waals surface area contributed by atoms with E-state index in [9.17, 15) is 13.2 Å². The molecule has 0 unspecified atom stereocenters. The molecule has 0 radical (unpaired) electrons. The summed E-state index contributed by atoms with van der Waals surface area (Å²) in [6, 6.07) is 10.5. The number of carbonyl (C=O) groups excluding carboxylic acids is 1. The molecule has 9 heteroatoms. The van der Waals surface area contributed by atoms with E-state index in [2.05, 4.69) is 10.3 Å². The maximum absolute atomic E-state index is 13.0. The molecular weight excluding hydrogens is 410 g/mol. The predicted octanol–water partition coefficient (Wildman–Crippen LogP) is 3.43. The summed E-state index contributed by atoms with van der Waals surface area (Å²) in [5.41, 5.74) is 2.55. The van der Waals surface area contributed by atoms with E-state index in [4.69, 9.17) is 4.42 Å². The number of anilines is 1. The third-order valence-corrected chi connectivity index (χ3v) is 7.54. The number of sulfonamides is 1. The van der Waals surface area contributed by atoms with Crippen molar-refractivity contribution in [3.63, 3.8) is 0 Å². The Morgan fingerprint density at radius 2 is 2.03 bits per heavy atom. The van der Waals surface area contributed by atoms with Crippen LogP contribution in [-0.2, 0) is 27.8 Å². The standard InChI is InChI=1S/C20H21N3O4S2/c1-3-29(25,26)23-11-15-7-5-4-6-14(15)10-17(23)19(24)22-20-21-16(12-28-20)18-9-8-13(2)27-18/h4-9,12,17H,3,10-11H2,1-2H3,(H,21,22,24)/t17-/m0/s1. The summed E-state index contributed by atoms with van der Waals surface area (Å²) in [6.45, 7) is 3.63. The summed E-state index contributed by atoms with van der Waals surface area (Å²) < 4.78 is 32.2. The van der Waals surface area contributed by atoms with Crippen LogP contribution in [0, 0.1) is 6.92 Å². The van der Waals surface area contributed by atoms with E-state index in [0.29, 0.717) is 23.0 Å². The molecule has 0 saturated heterocycles. The molecule has 7 nitrogen and oxygen atoms in total. The third kappa shape index (κ3) is 3.98. The first-order valence-corrected chi connectivity index (χ1v) is 11.8. The predicted molar refractivity (Wildman–Crippen MR) is 112 cm³/mol. The van der Waals surface area contributed by atoms with E-state index in [1.807, 2.05) is 43.3 Å². The van der Waals surface area contributed by atoms with Gasteiger partial charge in [0.25, 0.3) is 0 Å². The topological polar surface area (TPSA) is 92.5 Å². The summed E-state index contributed by atoms with van der Waals surface area (Å²) in [6.07, 6.45) is 0.330. The van der Waals surface area contributed by atoms with Crippen molar-refractivity contribution < 1.29 is 17.6 Å². The molecule has 152 valence electrons. The second-order valence-electron chi connectivity index (χ2n) is 6.87. The Kier molecular flexibility index (Phi) is 5.28. The molecule has 4 rings (SSSR count). The van der Waals surface area contributed by atoms with Crippen LogP contribution in [0.4, 0.5) is 5.13 Å². The number of aryl methyl sites for hydroxylation is 1. The van der Waals surface area contributed by atoms with E-state index in [1.165, 1.54) is 15.6 Å². The number of benzene rings is 1. The quantitative estimate of drug-likeness (QED) is 0.668. The molecule has 0 aliphatic carbocycles. The molecule has 2 aromatic heterocycles. The monoisotopic (exact) mass is 431 g/mol. The van der Waals surface area contributed by atoms with Gasteiger partial charge in [-0.25, -0.2) is 13.4 Å². The molecule has 1 atom stereocenters. The van der Waals surface area contributed by atoms with Crippen LogP contribution in [0.2, 0.25) is 0 Å². The van der Waals surface area contributed by atoms with Gasteiger partial charge in [0, 0.05) is 11.9 Å². The minimum atomic E-state index is -3.54. The average Bonchev–Trinajstić information content (AvgIpc) is 3.35. The van der Waals surface area contributed by atoms with Crippen LogP contribution in [-0.4, -0.2) is 35.4 Å². The molecule has 0 spiro atoms. The fourth-order valence-corrected chi connectivity index (χ4v) is 5.31. The van der Waals surface area contributed by atoms with E-state index in [-0.39, 0.29) is 18.2 Å². The van der Waals surface area contributed by atoms with E-state index in [0.717, 1.165) is 16.9 Å². The minimum absolute atomic E-state index is 0.0573. The van der Waals surface area contributed by atoms with Gasteiger partial charge in [0.2, 0.25) is 15.9 Å². The Morgan fingerprint density at radius 1 is 1.28 bits per heavy atom. The second kappa shape index (κ2) is 7.74. The van der Waals surface area contributed by atoms with Gasteiger partial charge < -0.3 is 9.73 Å². The molecule has 3 aromatic rings. The molecule has 1 aliphatic rings. The number of furan rings is 1. The Morgan fingerprint density at radius 3 is 2.72 bits per heavy atom. The Labute approximate surface area is 173 Å². The first kappa shape index (κ1) is 19.8. The Hall–Kier alpha value is -2.49. The average molecular weight is 432 g/mol. The Balaban J connectivity index is 1.58.